The van der Waals surface area contributed by atoms with Gasteiger partial charge in [0.05, 0.1) is 11.3 Å². The zero-order valence-corrected chi connectivity index (χ0v) is 28.7. The van der Waals surface area contributed by atoms with E-state index in [0.29, 0.717) is 30.2 Å². The summed E-state index contributed by atoms with van der Waals surface area (Å²) in [5.41, 5.74) is 4.36. The maximum Gasteiger partial charge on any atom is 0.418 e. The molecule has 16 nitrogen and oxygen atoms in total. The molecule has 2 fully saturated rings. The Balaban J connectivity index is 1.07. The van der Waals surface area contributed by atoms with Crippen molar-refractivity contribution in [1.82, 2.24) is 20.1 Å². The van der Waals surface area contributed by atoms with Crippen LogP contribution < -0.4 is 20.9 Å². The largest absolute Gasteiger partial charge is 0.508 e. The highest BCUT2D eigenvalue weighted by atomic mass is 32.2. The first-order valence-corrected chi connectivity index (χ1v) is 17.4. The molecule has 4 amide bonds. The number of anilines is 2. The summed E-state index contributed by atoms with van der Waals surface area (Å²) in [6.45, 7) is 0.171. The number of aromatic nitrogens is 2. The number of halogens is 3. The number of oxime groups is 1. The second-order valence-corrected chi connectivity index (χ2v) is 13.9. The molecule has 1 aromatic carbocycles. The molecule has 53 heavy (non-hydrogen) atoms. The van der Waals surface area contributed by atoms with Gasteiger partial charge in [0.15, 0.2) is 23.2 Å². The van der Waals surface area contributed by atoms with Gasteiger partial charge in [-0.05, 0) is 41.8 Å². The van der Waals surface area contributed by atoms with Crippen LogP contribution in [-0.4, -0.2) is 89.2 Å². The van der Waals surface area contributed by atoms with Gasteiger partial charge in [-0.1, -0.05) is 5.16 Å². The maximum atomic E-state index is 13.3. The van der Waals surface area contributed by atoms with Crippen LogP contribution in [0, 0.1) is 0 Å². The molecular weight excluding hydrogens is 746 g/mol. The van der Waals surface area contributed by atoms with Crippen LogP contribution in [0.3, 0.4) is 0 Å². The van der Waals surface area contributed by atoms with E-state index in [0.717, 1.165) is 28.4 Å². The van der Waals surface area contributed by atoms with Crippen molar-refractivity contribution in [2.75, 3.05) is 23.3 Å². The lowest BCUT2D eigenvalue weighted by atomic mass is 10.0. The minimum Gasteiger partial charge on any atom is -0.508 e. The number of carbonyl (C=O) groups is 5. The number of aromatic hydroxyl groups is 1. The summed E-state index contributed by atoms with van der Waals surface area (Å²) in [6, 6.07) is 4.66. The molecule has 0 aliphatic carbocycles. The lowest BCUT2D eigenvalue weighted by Gasteiger charge is -2.49. The number of nitrogens with two attached hydrogens (primary N) is 1. The Morgan fingerprint density at radius 1 is 1.17 bits per heavy atom. The SMILES string of the molecule is Nc1nc(/C(=N/O)C(=O)N[C@@H]2C(=O)N3C(C(=O)O)=C(/C=C4\CCN(Cc5cc[n+](CC(=O)Nc6ccc(O)cc6C(F)(F)F)cc5)C4=O)CS[C@H]23)cs1. The summed E-state index contributed by atoms with van der Waals surface area (Å²) in [5.74, 6) is -4.59. The van der Waals surface area contributed by atoms with Crippen LogP contribution in [0.5, 0.6) is 5.75 Å². The van der Waals surface area contributed by atoms with Crippen LogP contribution in [0.15, 0.2) is 76.2 Å². The molecule has 21 heteroatoms. The molecule has 3 aliphatic heterocycles. The zero-order valence-electron chi connectivity index (χ0n) is 27.0. The third kappa shape index (κ3) is 7.65. The van der Waals surface area contributed by atoms with E-state index in [9.17, 15) is 52.6 Å². The minimum atomic E-state index is -4.80. The van der Waals surface area contributed by atoms with Gasteiger partial charge in [-0.15, -0.1) is 23.1 Å². The number of phenols is 1. The Morgan fingerprint density at radius 2 is 1.91 bits per heavy atom. The predicted octanol–water partition coefficient (Wildman–Crippen LogP) is 1.65. The second kappa shape index (κ2) is 14.6. The molecular formula is C32H28F3N8O8S2+. The molecule has 7 N–H and O–H groups in total. The number of aliphatic carboxylic acids is 1. The number of hydrogen-bond acceptors (Lipinski definition) is 12. The molecule has 276 valence electrons. The number of phenolic OH excluding ortho intramolecular Hbond substituents is 1. The first-order chi connectivity index (χ1) is 25.1. The van der Waals surface area contributed by atoms with Gasteiger partial charge in [-0.25, -0.2) is 9.78 Å². The summed E-state index contributed by atoms with van der Waals surface area (Å²) in [7, 11) is 0. The van der Waals surface area contributed by atoms with E-state index < -0.39 is 64.0 Å². The number of fused-ring (bicyclic) bond motifs is 1. The van der Waals surface area contributed by atoms with Crippen molar-refractivity contribution in [2.24, 2.45) is 5.16 Å². The van der Waals surface area contributed by atoms with Crippen LogP contribution in [0.1, 0.15) is 23.2 Å². The number of β-lactam (4-membered cyclic amide) rings is 1. The smallest absolute Gasteiger partial charge is 0.418 e. The highest BCUT2D eigenvalue weighted by Crippen LogP contribution is 2.41. The van der Waals surface area contributed by atoms with E-state index in [2.05, 4.69) is 20.8 Å². The lowest BCUT2D eigenvalue weighted by Crippen LogP contribution is -2.71. The van der Waals surface area contributed by atoms with Gasteiger partial charge >= 0.3 is 12.1 Å². The molecule has 2 aromatic heterocycles. The van der Waals surface area contributed by atoms with Gasteiger partial charge < -0.3 is 36.7 Å². The Hall–Kier alpha value is -5.96. The van der Waals surface area contributed by atoms with Gasteiger partial charge in [0.2, 0.25) is 12.5 Å². The fourth-order valence-corrected chi connectivity index (χ4v) is 7.74. The average Bonchev–Trinajstić information content (AvgIpc) is 3.68. The lowest BCUT2D eigenvalue weighted by molar-refractivity contribution is -0.684. The number of allylic oxidation sites excluding steroid dienone is 1. The van der Waals surface area contributed by atoms with E-state index >= 15 is 0 Å². The predicted molar refractivity (Wildman–Crippen MR) is 181 cm³/mol. The topological polar surface area (TPSA) is 232 Å². The van der Waals surface area contributed by atoms with Crippen LogP contribution in [0.25, 0.3) is 0 Å². The number of alkyl halides is 3. The van der Waals surface area contributed by atoms with E-state index in [-0.39, 0.29) is 46.8 Å². The van der Waals surface area contributed by atoms with E-state index in [1.807, 2.05) is 0 Å². The van der Waals surface area contributed by atoms with E-state index in [4.69, 9.17) is 5.73 Å². The Kier molecular flexibility index (Phi) is 10.1. The number of nitrogens with zero attached hydrogens (tertiary/aromatic N) is 5. The third-order valence-corrected chi connectivity index (χ3v) is 10.3. The average molecular weight is 774 g/mol. The fourth-order valence-electron chi connectivity index (χ4n) is 5.89. The number of hydrogen-bond donors (Lipinski definition) is 6. The van der Waals surface area contributed by atoms with Gasteiger partial charge in [-0.3, -0.25) is 24.1 Å². The Bertz CT molecular complexity index is 2120. The molecule has 0 saturated carbocycles. The van der Waals surface area contributed by atoms with E-state index in [1.54, 1.807) is 12.1 Å². The first kappa shape index (κ1) is 36.8. The summed E-state index contributed by atoms with van der Waals surface area (Å²) < 4.78 is 41.4. The summed E-state index contributed by atoms with van der Waals surface area (Å²) in [4.78, 5) is 70.6. The third-order valence-electron chi connectivity index (χ3n) is 8.37. The number of amides is 4. The minimum absolute atomic E-state index is 0.000473. The number of carbonyl (C=O) groups excluding carboxylic acids is 4. The molecule has 6 rings (SSSR count). The number of carboxylic acids is 1. The standard InChI is InChI=1S/C32H27F3N8O8S2/c33-32(34,35)19-10-18(44)1-2-20(19)37-22(45)12-41-6-3-15(4-7-41)11-42-8-5-16(27(42)47)9-17-13-52-29-24(28(48)43(29)25(17)30(49)50)39-26(46)23(40-51)21-14-53-31(36)38-21/h1-4,6-7,9-10,14,24,29H,5,8,11-13H2,(H6-,36,37,38,39,40,44,45,46,49,50,51)/p+1/b16-9+/t24-,29-/m1/s1. The normalized spacial score (nSPS) is 19.7. The molecule has 3 aromatic rings. The Morgan fingerprint density at radius 3 is 2.55 bits per heavy atom. The fraction of sp³-hybridized carbons (Fsp3) is 0.250. The Labute approximate surface area is 305 Å². The van der Waals surface area contributed by atoms with E-state index in [1.165, 1.54) is 45.1 Å². The number of carboxylic acid groups (broad SMARTS) is 1. The van der Waals surface area contributed by atoms with Gasteiger partial charge in [-0.2, -0.15) is 17.7 Å². The maximum absolute atomic E-state index is 13.3. The van der Waals surface area contributed by atoms with Crippen LogP contribution in [-0.2, 0) is 43.2 Å². The second-order valence-electron chi connectivity index (χ2n) is 11.9. The summed E-state index contributed by atoms with van der Waals surface area (Å²) in [6.07, 6.45) is 0.0163. The van der Waals surface area contributed by atoms with Gasteiger partial charge in [0, 0.05) is 41.9 Å². The van der Waals surface area contributed by atoms with Crippen molar-refractivity contribution in [1.29, 1.82) is 0 Å². The number of benzene rings is 1. The van der Waals surface area contributed by atoms with Crippen LogP contribution in [0.4, 0.5) is 24.0 Å². The molecule has 2 atom stereocenters. The highest BCUT2D eigenvalue weighted by Gasteiger charge is 2.54. The quantitative estimate of drug-likeness (QED) is 0.0330. The molecule has 0 radical (unpaired) electrons. The van der Waals surface area contributed by atoms with Crippen molar-refractivity contribution >= 4 is 69.2 Å². The monoisotopic (exact) mass is 773 g/mol. The van der Waals surface area contributed by atoms with Crippen LogP contribution in [0.2, 0.25) is 0 Å². The zero-order chi connectivity index (χ0) is 38.2. The van der Waals surface area contributed by atoms with Crippen molar-refractivity contribution in [3.63, 3.8) is 0 Å². The highest BCUT2D eigenvalue weighted by molar-refractivity contribution is 8.00. The molecule has 2 saturated heterocycles. The number of rotatable bonds is 10. The van der Waals surface area contributed by atoms with Crippen molar-refractivity contribution in [2.45, 2.75) is 37.1 Å². The number of likely N-dealkylation sites (tertiary alicyclic amines) is 1. The number of thiazole rings is 1. The van der Waals surface area contributed by atoms with Crippen molar-refractivity contribution in [3.8, 4) is 5.75 Å². The number of nitrogen functional groups attached to an aromatic ring is 1. The number of nitrogens with one attached hydrogen (secondary N) is 2. The molecule has 3 aliphatic rings. The summed E-state index contributed by atoms with van der Waals surface area (Å²) in [5, 5.41) is 37.2. The van der Waals surface area contributed by atoms with Gasteiger partial charge in [0.25, 0.3) is 17.7 Å². The van der Waals surface area contributed by atoms with Crippen molar-refractivity contribution in [3.05, 3.63) is 87.8 Å². The molecule has 0 bridgehead atoms. The number of pyridine rings is 1. The number of thioether (sulfide) groups is 1. The van der Waals surface area contributed by atoms with Gasteiger partial charge in [0.1, 0.15) is 28.6 Å². The van der Waals surface area contributed by atoms with Crippen LogP contribution >= 0.6 is 23.1 Å². The van der Waals surface area contributed by atoms with Crippen molar-refractivity contribution < 1.29 is 57.1 Å². The molecule has 0 unspecified atom stereocenters. The molecule has 0 spiro atoms. The summed E-state index contributed by atoms with van der Waals surface area (Å²) >= 11 is 2.20. The first-order valence-electron chi connectivity index (χ1n) is 15.5. The molecule has 5 heterocycles.